The van der Waals surface area contributed by atoms with Crippen molar-refractivity contribution in [3.05, 3.63) is 72.6 Å². The van der Waals surface area contributed by atoms with Crippen molar-refractivity contribution < 1.29 is 26.7 Å². The lowest BCUT2D eigenvalue weighted by Crippen LogP contribution is -2.42. The maximum absolute atomic E-state index is 13.7. The fraction of sp³-hybridized carbons (Fsp3) is 0.286. The number of hydrogen-bond acceptors (Lipinski definition) is 1. The summed E-state index contributed by atoms with van der Waals surface area (Å²) in [6, 6.07) is 6.37. The molecule has 172 valence electrons. The molecule has 32 heavy (non-hydrogen) atoms. The van der Waals surface area contributed by atoms with Gasteiger partial charge in [0, 0.05) is 4.47 Å². The Hall–Kier alpha value is -1.35. The third kappa shape index (κ3) is 5.58. The van der Waals surface area contributed by atoms with Crippen molar-refractivity contribution in [3.8, 4) is 0 Å². The Morgan fingerprint density at radius 2 is 1.69 bits per heavy atom. The van der Waals surface area contributed by atoms with Crippen LogP contribution in [-0.4, -0.2) is 24.0 Å². The molecule has 0 saturated heterocycles. The first kappa shape index (κ1) is 25.3. The zero-order valence-electron chi connectivity index (χ0n) is 15.9. The fourth-order valence-corrected chi connectivity index (χ4v) is 4.21. The molecule has 2 aromatic rings. The van der Waals surface area contributed by atoms with Crippen LogP contribution in [0.15, 0.2) is 40.9 Å². The van der Waals surface area contributed by atoms with E-state index in [-0.39, 0.29) is 43.5 Å². The van der Waals surface area contributed by atoms with Crippen LogP contribution in [0.5, 0.6) is 0 Å². The minimum absolute atomic E-state index is 0.0420. The van der Waals surface area contributed by atoms with Crippen molar-refractivity contribution in [3.63, 3.8) is 0 Å². The highest BCUT2D eigenvalue weighted by Crippen LogP contribution is 2.42. The molecular formula is C21H14BrCl3F5NO. The first-order valence-electron chi connectivity index (χ1n) is 9.13. The maximum Gasteiger partial charge on any atom is 0.399 e. The molecule has 1 fully saturated rings. The second kappa shape index (κ2) is 9.49. The Labute approximate surface area is 203 Å². The van der Waals surface area contributed by atoms with Crippen LogP contribution in [0.4, 0.5) is 22.0 Å². The topological polar surface area (TPSA) is 29.1 Å². The van der Waals surface area contributed by atoms with Crippen LogP contribution in [0.1, 0.15) is 40.2 Å². The van der Waals surface area contributed by atoms with Gasteiger partial charge in [-0.05, 0) is 64.2 Å². The Morgan fingerprint density at radius 3 is 2.16 bits per heavy atom. The highest BCUT2D eigenvalue weighted by Gasteiger charge is 2.52. The second-order valence-corrected chi connectivity index (χ2v) is 9.37. The predicted molar refractivity (Wildman–Crippen MR) is 119 cm³/mol. The van der Waals surface area contributed by atoms with E-state index in [4.69, 9.17) is 34.8 Å². The van der Waals surface area contributed by atoms with E-state index in [1.54, 1.807) is 0 Å². The standard InChI is InChI=1S/C21H14BrCl3F5NO/c22-14-7-10(1-3-12(14)18(32)31-20(5-6-20)19(26)27)2-4-13(21(28,29)30)11-8-15(23)17(25)16(24)9-11/h1-4,7-9,13,19H,5-6H2,(H,31,32)/b4-2+. The van der Waals surface area contributed by atoms with E-state index in [9.17, 15) is 26.7 Å². The number of allylic oxidation sites excluding steroid dienone is 1. The monoisotopic (exact) mass is 575 g/mol. The van der Waals surface area contributed by atoms with E-state index >= 15 is 0 Å². The number of hydrogen-bond donors (Lipinski definition) is 1. The molecule has 1 unspecified atom stereocenters. The smallest absolute Gasteiger partial charge is 0.341 e. The van der Waals surface area contributed by atoms with Crippen LogP contribution < -0.4 is 5.32 Å². The highest BCUT2D eigenvalue weighted by atomic mass is 79.9. The predicted octanol–water partition coefficient (Wildman–Crippen LogP) is 8.30. The van der Waals surface area contributed by atoms with Crippen LogP contribution in [0, 0.1) is 0 Å². The SMILES string of the molecule is O=C(NC1(C(F)F)CC1)c1ccc(/C=C/C(c2cc(Cl)c(Cl)c(Cl)c2)C(F)(F)F)cc1Br. The van der Waals surface area contributed by atoms with Gasteiger partial charge in [0.25, 0.3) is 12.3 Å². The number of rotatable bonds is 6. The van der Waals surface area contributed by atoms with Crippen LogP contribution in [0.25, 0.3) is 6.08 Å². The summed E-state index contributed by atoms with van der Waals surface area (Å²) < 4.78 is 67.3. The van der Waals surface area contributed by atoms with Gasteiger partial charge in [-0.3, -0.25) is 4.79 Å². The summed E-state index contributed by atoms with van der Waals surface area (Å²) >= 11 is 20.7. The zero-order valence-corrected chi connectivity index (χ0v) is 19.8. The quantitative estimate of drug-likeness (QED) is 0.272. The van der Waals surface area contributed by atoms with Crippen LogP contribution in [0.2, 0.25) is 15.1 Å². The molecule has 1 atom stereocenters. The number of halogens is 9. The van der Waals surface area contributed by atoms with Crippen molar-refractivity contribution in [1.29, 1.82) is 0 Å². The molecule has 11 heteroatoms. The fourth-order valence-electron chi connectivity index (χ4n) is 3.02. The number of benzene rings is 2. The maximum atomic E-state index is 13.7. The number of amides is 1. The van der Waals surface area contributed by atoms with Gasteiger partial charge in [0.15, 0.2) is 0 Å². The number of nitrogens with one attached hydrogen (secondary N) is 1. The molecular weight excluding hydrogens is 563 g/mol. The summed E-state index contributed by atoms with van der Waals surface area (Å²) in [4.78, 5) is 12.3. The molecule has 0 aromatic heterocycles. The normalized spacial score (nSPS) is 16.4. The lowest BCUT2D eigenvalue weighted by molar-refractivity contribution is -0.139. The van der Waals surface area contributed by atoms with Gasteiger partial charge >= 0.3 is 6.18 Å². The van der Waals surface area contributed by atoms with E-state index in [2.05, 4.69) is 21.2 Å². The lowest BCUT2D eigenvalue weighted by atomic mass is 9.97. The third-order valence-electron chi connectivity index (χ3n) is 5.01. The van der Waals surface area contributed by atoms with Gasteiger partial charge in [0.2, 0.25) is 0 Å². The minimum Gasteiger partial charge on any atom is -0.341 e. The highest BCUT2D eigenvalue weighted by molar-refractivity contribution is 9.10. The number of carbonyl (C=O) groups excluding carboxylic acids is 1. The van der Waals surface area contributed by atoms with E-state index in [1.807, 2.05) is 0 Å². The minimum atomic E-state index is -4.64. The summed E-state index contributed by atoms with van der Waals surface area (Å²) in [7, 11) is 0. The van der Waals surface area contributed by atoms with Crippen molar-refractivity contribution in [2.45, 2.75) is 36.9 Å². The van der Waals surface area contributed by atoms with Gasteiger partial charge in [-0.1, -0.05) is 53.0 Å². The van der Waals surface area contributed by atoms with Gasteiger partial charge < -0.3 is 5.32 Å². The van der Waals surface area contributed by atoms with Crippen molar-refractivity contribution >= 4 is 62.7 Å². The van der Waals surface area contributed by atoms with E-state index in [1.165, 1.54) is 24.3 Å². The Bertz CT molecular complexity index is 1050. The molecule has 1 N–H and O–H groups in total. The van der Waals surface area contributed by atoms with Crippen molar-refractivity contribution in [2.75, 3.05) is 0 Å². The molecule has 1 aliphatic rings. The average Bonchev–Trinajstić information content (AvgIpc) is 3.46. The van der Waals surface area contributed by atoms with E-state index in [0.717, 1.165) is 18.2 Å². The molecule has 0 bridgehead atoms. The molecule has 0 heterocycles. The molecule has 0 radical (unpaired) electrons. The molecule has 0 aliphatic heterocycles. The van der Waals surface area contributed by atoms with Crippen LogP contribution in [0.3, 0.4) is 0 Å². The summed E-state index contributed by atoms with van der Waals surface area (Å²) in [5.74, 6) is -2.71. The third-order valence-corrected chi connectivity index (χ3v) is 6.86. The summed E-state index contributed by atoms with van der Waals surface area (Å²) in [5, 5.41) is 2.08. The molecule has 1 saturated carbocycles. The van der Waals surface area contributed by atoms with Gasteiger partial charge in [0.1, 0.15) is 5.54 Å². The van der Waals surface area contributed by atoms with Crippen molar-refractivity contribution in [1.82, 2.24) is 5.32 Å². The zero-order chi connectivity index (χ0) is 23.8. The van der Waals surface area contributed by atoms with Crippen LogP contribution in [-0.2, 0) is 0 Å². The van der Waals surface area contributed by atoms with Gasteiger partial charge in [-0.25, -0.2) is 8.78 Å². The van der Waals surface area contributed by atoms with Crippen LogP contribution >= 0.6 is 50.7 Å². The largest absolute Gasteiger partial charge is 0.399 e. The molecule has 1 aliphatic carbocycles. The number of alkyl halides is 5. The van der Waals surface area contributed by atoms with Gasteiger partial charge in [0.05, 0.1) is 26.5 Å². The molecule has 3 rings (SSSR count). The Morgan fingerprint density at radius 1 is 1.09 bits per heavy atom. The second-order valence-electron chi connectivity index (χ2n) is 7.33. The molecule has 0 spiro atoms. The van der Waals surface area contributed by atoms with E-state index < -0.39 is 30.0 Å². The van der Waals surface area contributed by atoms with Gasteiger partial charge in [-0.2, -0.15) is 13.2 Å². The molecule has 2 nitrogen and oxygen atoms in total. The van der Waals surface area contributed by atoms with E-state index in [0.29, 0.717) is 5.56 Å². The summed E-state index contributed by atoms with van der Waals surface area (Å²) in [6.07, 6.45) is -4.79. The first-order valence-corrected chi connectivity index (χ1v) is 11.1. The summed E-state index contributed by atoms with van der Waals surface area (Å²) in [5.41, 5.74) is -1.25. The first-order chi connectivity index (χ1) is 14.8. The lowest BCUT2D eigenvalue weighted by Gasteiger charge is -2.18. The number of carbonyl (C=O) groups is 1. The van der Waals surface area contributed by atoms with Crippen molar-refractivity contribution in [2.24, 2.45) is 0 Å². The average molecular weight is 578 g/mol. The van der Waals surface area contributed by atoms with Gasteiger partial charge in [-0.15, -0.1) is 0 Å². The Kier molecular flexibility index (Phi) is 7.49. The Balaban J connectivity index is 1.84. The summed E-state index contributed by atoms with van der Waals surface area (Å²) in [6.45, 7) is 0. The molecule has 2 aromatic carbocycles. The molecule has 1 amide bonds.